The molecule has 2 aromatic rings. The summed E-state index contributed by atoms with van der Waals surface area (Å²) in [6.45, 7) is 5.43. The molecule has 0 radical (unpaired) electrons. The van der Waals surface area contributed by atoms with E-state index in [-0.39, 0.29) is 18.4 Å². The molecule has 0 atom stereocenters. The van der Waals surface area contributed by atoms with Crippen molar-refractivity contribution in [2.45, 2.75) is 13.5 Å². The maximum absolute atomic E-state index is 13.3. The van der Waals surface area contributed by atoms with E-state index in [9.17, 15) is 9.59 Å². The Morgan fingerprint density at radius 2 is 1.82 bits per heavy atom. The van der Waals surface area contributed by atoms with Crippen LogP contribution in [0.15, 0.2) is 42.6 Å². The van der Waals surface area contributed by atoms with Gasteiger partial charge in [-0.1, -0.05) is 18.2 Å². The van der Waals surface area contributed by atoms with Crippen molar-refractivity contribution in [3.8, 4) is 0 Å². The third-order valence-corrected chi connectivity index (χ3v) is 5.06. The fraction of sp³-hybridized carbons (Fsp3) is 0.381. The number of aromatic nitrogens is 1. The number of ketones is 1. The van der Waals surface area contributed by atoms with Crippen LogP contribution in [0.1, 0.15) is 21.6 Å². The molecule has 1 aliphatic rings. The molecule has 1 aromatic carbocycles. The van der Waals surface area contributed by atoms with Crippen LogP contribution in [0.4, 0.5) is 10.5 Å². The minimum atomic E-state index is -0.150. The molecule has 2 heterocycles. The zero-order chi connectivity index (χ0) is 20.1. The third-order valence-electron chi connectivity index (χ3n) is 5.06. The lowest BCUT2D eigenvalue weighted by Gasteiger charge is -2.36. The molecule has 0 spiro atoms. The molecular weight excluding hydrogens is 354 g/mol. The van der Waals surface area contributed by atoms with Gasteiger partial charge in [0.25, 0.3) is 0 Å². The standard InChI is InChI=1S/C21H27N5O2/c1-16-5-3-4-6-19(16)26(21(28)25-11-9-24(2)10-12-25)15-18-8-7-17(14-23-18)20(27)13-22/h3-8,14H,9-13,15,22H2,1-2H3. The van der Waals surface area contributed by atoms with Crippen molar-refractivity contribution in [1.82, 2.24) is 14.8 Å². The number of nitrogens with two attached hydrogens (primary N) is 1. The molecule has 0 unspecified atom stereocenters. The SMILES string of the molecule is Cc1ccccc1N(Cc1ccc(C(=O)CN)cn1)C(=O)N1CCN(C)CC1. The average Bonchev–Trinajstić information content (AvgIpc) is 2.72. The number of benzene rings is 1. The largest absolute Gasteiger partial charge is 0.324 e. The number of Topliss-reactive ketones (excluding diaryl/α,β-unsaturated/α-hetero) is 1. The number of carbonyl (C=O) groups excluding carboxylic acids is 2. The summed E-state index contributed by atoms with van der Waals surface area (Å²) in [5.41, 5.74) is 8.51. The number of hydrogen-bond acceptors (Lipinski definition) is 5. The van der Waals surface area contributed by atoms with Gasteiger partial charge in [0.1, 0.15) is 0 Å². The summed E-state index contributed by atoms with van der Waals surface area (Å²) in [6, 6.07) is 11.3. The van der Waals surface area contributed by atoms with E-state index in [0.29, 0.717) is 25.2 Å². The summed E-state index contributed by atoms with van der Waals surface area (Å²) in [7, 11) is 2.06. The van der Waals surface area contributed by atoms with Crippen molar-refractivity contribution in [2.24, 2.45) is 5.73 Å². The first-order chi connectivity index (χ1) is 13.5. The Morgan fingerprint density at radius 1 is 1.11 bits per heavy atom. The van der Waals surface area contributed by atoms with Crippen LogP contribution < -0.4 is 10.6 Å². The highest BCUT2D eigenvalue weighted by molar-refractivity contribution is 5.97. The van der Waals surface area contributed by atoms with Crippen LogP contribution in [-0.4, -0.2) is 66.4 Å². The fourth-order valence-corrected chi connectivity index (χ4v) is 3.25. The second-order valence-electron chi connectivity index (χ2n) is 7.11. The van der Waals surface area contributed by atoms with E-state index in [1.807, 2.05) is 36.1 Å². The van der Waals surface area contributed by atoms with Crippen molar-refractivity contribution in [2.75, 3.05) is 44.7 Å². The number of amides is 2. The van der Waals surface area contributed by atoms with Crippen molar-refractivity contribution < 1.29 is 9.59 Å². The van der Waals surface area contributed by atoms with Gasteiger partial charge in [-0.05, 0) is 37.7 Å². The molecule has 1 fully saturated rings. The Kier molecular flexibility index (Phi) is 6.38. The number of urea groups is 1. The number of anilines is 1. The van der Waals surface area contributed by atoms with E-state index in [0.717, 1.165) is 30.0 Å². The van der Waals surface area contributed by atoms with Gasteiger partial charge in [-0.2, -0.15) is 0 Å². The summed E-state index contributed by atoms with van der Waals surface area (Å²) in [4.78, 5) is 35.3. The minimum Gasteiger partial charge on any atom is -0.324 e. The molecule has 148 valence electrons. The van der Waals surface area contributed by atoms with Gasteiger partial charge in [0.2, 0.25) is 0 Å². The lowest BCUT2D eigenvalue weighted by atomic mass is 10.1. The highest BCUT2D eigenvalue weighted by Crippen LogP contribution is 2.23. The number of carbonyl (C=O) groups is 2. The smallest absolute Gasteiger partial charge is 0.324 e. The Bertz CT molecular complexity index is 829. The Labute approximate surface area is 165 Å². The van der Waals surface area contributed by atoms with Crippen molar-refractivity contribution in [1.29, 1.82) is 0 Å². The molecule has 1 saturated heterocycles. The maximum atomic E-state index is 13.3. The number of likely N-dealkylation sites (N-methyl/N-ethyl adjacent to an activating group) is 1. The van der Waals surface area contributed by atoms with Crippen molar-refractivity contribution >= 4 is 17.5 Å². The molecular formula is C21H27N5O2. The molecule has 7 heteroatoms. The number of piperazine rings is 1. The number of hydrogen-bond donors (Lipinski definition) is 1. The van der Waals surface area contributed by atoms with Gasteiger partial charge in [-0.3, -0.25) is 14.7 Å². The molecule has 0 aliphatic carbocycles. The first kappa shape index (κ1) is 20.0. The van der Waals surface area contributed by atoms with Gasteiger partial charge in [0.15, 0.2) is 5.78 Å². The van der Waals surface area contributed by atoms with Crippen LogP contribution in [0.3, 0.4) is 0 Å². The predicted molar refractivity (Wildman–Crippen MR) is 109 cm³/mol. The topological polar surface area (TPSA) is 82.8 Å². The lowest BCUT2D eigenvalue weighted by molar-refractivity contribution is 0.100. The van der Waals surface area contributed by atoms with Crippen LogP contribution in [-0.2, 0) is 6.54 Å². The molecule has 3 rings (SSSR count). The number of para-hydroxylation sites is 1. The second kappa shape index (κ2) is 8.95. The second-order valence-corrected chi connectivity index (χ2v) is 7.11. The molecule has 0 bridgehead atoms. The quantitative estimate of drug-likeness (QED) is 0.800. The van der Waals surface area contributed by atoms with Crippen molar-refractivity contribution in [3.63, 3.8) is 0 Å². The number of nitrogens with zero attached hydrogens (tertiary/aromatic N) is 4. The predicted octanol–water partition coefficient (Wildman–Crippen LogP) is 1.91. The zero-order valence-corrected chi connectivity index (χ0v) is 16.5. The molecule has 1 aromatic heterocycles. The van der Waals surface area contributed by atoms with E-state index in [1.54, 1.807) is 17.0 Å². The Hall–Kier alpha value is -2.77. The van der Waals surface area contributed by atoms with Gasteiger partial charge in [0, 0.05) is 43.6 Å². The van der Waals surface area contributed by atoms with Gasteiger partial charge >= 0.3 is 6.03 Å². The molecule has 2 amide bonds. The van der Waals surface area contributed by atoms with E-state index in [4.69, 9.17) is 5.73 Å². The van der Waals surface area contributed by atoms with Crippen LogP contribution >= 0.6 is 0 Å². The summed E-state index contributed by atoms with van der Waals surface area (Å²) in [5, 5.41) is 0. The van der Waals surface area contributed by atoms with E-state index in [2.05, 4.69) is 16.9 Å². The van der Waals surface area contributed by atoms with Gasteiger partial charge in [-0.25, -0.2) is 4.79 Å². The van der Waals surface area contributed by atoms with Crippen LogP contribution in [0.25, 0.3) is 0 Å². The molecule has 7 nitrogen and oxygen atoms in total. The van der Waals surface area contributed by atoms with E-state index in [1.165, 1.54) is 6.20 Å². The zero-order valence-electron chi connectivity index (χ0n) is 16.5. The fourth-order valence-electron chi connectivity index (χ4n) is 3.25. The molecule has 0 saturated carbocycles. The summed E-state index contributed by atoms with van der Waals surface area (Å²) < 4.78 is 0. The number of aryl methyl sites for hydroxylation is 1. The molecule has 28 heavy (non-hydrogen) atoms. The van der Waals surface area contributed by atoms with Gasteiger partial charge < -0.3 is 15.5 Å². The lowest BCUT2D eigenvalue weighted by Crippen LogP contribution is -2.52. The average molecular weight is 381 g/mol. The molecule has 1 aliphatic heterocycles. The third kappa shape index (κ3) is 4.55. The van der Waals surface area contributed by atoms with E-state index >= 15 is 0 Å². The Balaban J connectivity index is 1.85. The first-order valence-corrected chi connectivity index (χ1v) is 9.48. The maximum Gasteiger partial charge on any atom is 0.324 e. The Morgan fingerprint density at radius 3 is 2.43 bits per heavy atom. The van der Waals surface area contributed by atoms with Crippen molar-refractivity contribution in [3.05, 3.63) is 59.4 Å². The van der Waals surface area contributed by atoms with Crippen LogP contribution in [0.2, 0.25) is 0 Å². The van der Waals surface area contributed by atoms with Crippen LogP contribution in [0.5, 0.6) is 0 Å². The monoisotopic (exact) mass is 381 g/mol. The van der Waals surface area contributed by atoms with Crippen LogP contribution in [0, 0.1) is 6.92 Å². The summed E-state index contributed by atoms with van der Waals surface area (Å²) >= 11 is 0. The van der Waals surface area contributed by atoms with Gasteiger partial charge in [0.05, 0.1) is 18.8 Å². The number of pyridine rings is 1. The summed E-state index contributed by atoms with van der Waals surface area (Å²) in [5.74, 6) is -0.150. The van der Waals surface area contributed by atoms with E-state index < -0.39 is 0 Å². The minimum absolute atomic E-state index is 0.0219. The highest BCUT2D eigenvalue weighted by Gasteiger charge is 2.26. The number of rotatable bonds is 5. The molecule has 2 N–H and O–H groups in total. The summed E-state index contributed by atoms with van der Waals surface area (Å²) in [6.07, 6.45) is 1.53. The first-order valence-electron chi connectivity index (χ1n) is 9.48. The highest BCUT2D eigenvalue weighted by atomic mass is 16.2. The normalized spacial score (nSPS) is 14.8. The van der Waals surface area contributed by atoms with Gasteiger partial charge in [-0.15, -0.1) is 0 Å².